The van der Waals surface area contributed by atoms with Crippen molar-refractivity contribution in [1.82, 2.24) is 0 Å². The highest BCUT2D eigenvalue weighted by Crippen LogP contribution is 2.43. The first-order chi connectivity index (χ1) is 27.7. The first kappa shape index (κ1) is 31.9. The van der Waals surface area contributed by atoms with Crippen LogP contribution in [0, 0.1) is 0 Å². The van der Waals surface area contributed by atoms with Crippen molar-refractivity contribution in [3.8, 4) is 22.3 Å². The molecule has 1 aliphatic rings. The lowest BCUT2D eigenvalue weighted by molar-refractivity contribution is 0.669. The third-order valence-electron chi connectivity index (χ3n) is 10.8. The van der Waals surface area contributed by atoms with Crippen LogP contribution in [0.5, 0.6) is 0 Å². The fraction of sp³-hybridized carbons (Fsp3) is 0. The van der Waals surface area contributed by atoms with Crippen molar-refractivity contribution < 1.29 is 8.83 Å². The molecule has 0 fully saturated rings. The van der Waals surface area contributed by atoms with Crippen LogP contribution >= 0.6 is 0 Å². The molecule has 262 valence electrons. The number of hydrogen-bond acceptors (Lipinski definition) is 4. The van der Waals surface area contributed by atoms with Crippen LogP contribution in [0.3, 0.4) is 0 Å². The minimum absolute atomic E-state index is 0.591. The average Bonchev–Trinajstić information content (AvgIpc) is 3.83. The Morgan fingerprint density at radius 1 is 0.393 bits per heavy atom. The van der Waals surface area contributed by atoms with Crippen molar-refractivity contribution in [2.75, 3.05) is 0 Å². The quantitative estimate of drug-likeness (QED) is 0.178. The number of aliphatic imine (C=N–C) groups is 2. The third-order valence-corrected chi connectivity index (χ3v) is 10.8. The van der Waals surface area contributed by atoms with E-state index in [2.05, 4.69) is 158 Å². The normalized spacial score (nSPS) is 16.6. The molecule has 4 heteroatoms. The molecule has 0 radical (unpaired) electrons. The van der Waals surface area contributed by atoms with Gasteiger partial charge in [0.1, 0.15) is 22.3 Å². The fourth-order valence-electron chi connectivity index (χ4n) is 8.08. The van der Waals surface area contributed by atoms with Crippen LogP contribution in [0.2, 0.25) is 0 Å². The smallest absolute Gasteiger partial charge is 0.161 e. The Hall–Kier alpha value is -7.56. The molecule has 0 amide bonds. The number of benzene rings is 8. The maximum atomic E-state index is 6.55. The third kappa shape index (κ3) is 5.39. The summed E-state index contributed by atoms with van der Waals surface area (Å²) in [5, 5.41) is 6.41. The largest absolute Gasteiger partial charge is 0.456 e. The second-order valence-corrected chi connectivity index (χ2v) is 14.1. The van der Waals surface area contributed by atoms with Gasteiger partial charge in [-0.15, -0.1) is 0 Å². The molecule has 10 aromatic rings. The van der Waals surface area contributed by atoms with Gasteiger partial charge in [0, 0.05) is 38.2 Å². The molecule has 2 aromatic heterocycles. The van der Waals surface area contributed by atoms with E-state index in [1.54, 1.807) is 0 Å². The van der Waals surface area contributed by atoms with E-state index in [0.29, 0.717) is 5.84 Å². The van der Waals surface area contributed by atoms with Crippen molar-refractivity contribution >= 4 is 71.9 Å². The number of amidine groups is 1. The zero-order valence-corrected chi connectivity index (χ0v) is 30.2. The second kappa shape index (κ2) is 13.1. The topological polar surface area (TPSA) is 51.0 Å². The summed E-state index contributed by atoms with van der Waals surface area (Å²) in [6, 6.07) is 60.9. The Labute approximate surface area is 322 Å². The highest BCUT2D eigenvalue weighted by Gasteiger charge is 2.24. The van der Waals surface area contributed by atoms with Crippen LogP contribution < -0.4 is 0 Å². The fourth-order valence-corrected chi connectivity index (χ4v) is 8.08. The van der Waals surface area contributed by atoms with E-state index in [1.807, 2.05) is 36.4 Å². The Morgan fingerprint density at radius 2 is 1.02 bits per heavy atom. The molecule has 4 nitrogen and oxygen atoms in total. The van der Waals surface area contributed by atoms with E-state index in [4.69, 9.17) is 18.8 Å². The van der Waals surface area contributed by atoms with Crippen molar-refractivity contribution in [3.05, 3.63) is 211 Å². The first-order valence-electron chi connectivity index (χ1n) is 18.8. The van der Waals surface area contributed by atoms with E-state index in [0.717, 1.165) is 94.1 Å². The van der Waals surface area contributed by atoms with Crippen molar-refractivity contribution in [1.29, 1.82) is 0 Å². The summed E-state index contributed by atoms with van der Waals surface area (Å²) in [7, 11) is 0. The van der Waals surface area contributed by atoms with Crippen LogP contribution in [-0.4, -0.2) is 11.5 Å². The lowest BCUT2D eigenvalue weighted by Gasteiger charge is -2.16. The van der Waals surface area contributed by atoms with Gasteiger partial charge in [-0.2, -0.15) is 0 Å². The van der Waals surface area contributed by atoms with Gasteiger partial charge in [-0.05, 0) is 81.6 Å². The van der Waals surface area contributed by atoms with Crippen LogP contribution in [0.1, 0.15) is 16.7 Å². The van der Waals surface area contributed by atoms with Gasteiger partial charge in [-0.25, -0.2) is 9.98 Å². The molecule has 1 aliphatic heterocycles. The lowest BCUT2D eigenvalue weighted by atomic mass is 9.91. The predicted octanol–water partition coefficient (Wildman–Crippen LogP) is 13.8. The number of nitrogens with zero attached hydrogens (tertiary/aromatic N) is 2. The second-order valence-electron chi connectivity index (χ2n) is 14.1. The van der Waals surface area contributed by atoms with E-state index >= 15 is 0 Å². The molecule has 0 spiro atoms. The summed E-state index contributed by atoms with van der Waals surface area (Å²) in [5.74, 6) is 0.591. The number of rotatable bonds is 5. The number of fused-ring (bicyclic) bond motifs is 7. The summed E-state index contributed by atoms with van der Waals surface area (Å²) in [4.78, 5) is 11.1. The van der Waals surface area contributed by atoms with Gasteiger partial charge in [0.25, 0.3) is 0 Å². The molecule has 0 atom stereocenters. The Morgan fingerprint density at radius 3 is 1.82 bits per heavy atom. The maximum absolute atomic E-state index is 6.55. The molecule has 3 heterocycles. The number of allylic oxidation sites excluding steroid dienone is 3. The summed E-state index contributed by atoms with van der Waals surface area (Å²) in [5.41, 5.74) is 12.1. The first-order valence-corrected chi connectivity index (χ1v) is 18.8. The predicted molar refractivity (Wildman–Crippen MR) is 232 cm³/mol. The van der Waals surface area contributed by atoms with Crippen LogP contribution in [0.25, 0.3) is 82.6 Å². The summed E-state index contributed by atoms with van der Waals surface area (Å²) < 4.78 is 13.0. The summed E-state index contributed by atoms with van der Waals surface area (Å²) in [6.45, 7) is 0. The van der Waals surface area contributed by atoms with E-state index in [-0.39, 0.29) is 0 Å². The molecule has 0 saturated heterocycles. The minimum atomic E-state index is 0.591. The van der Waals surface area contributed by atoms with E-state index < -0.39 is 0 Å². The van der Waals surface area contributed by atoms with Crippen molar-refractivity contribution in [2.45, 2.75) is 0 Å². The molecule has 11 rings (SSSR count). The van der Waals surface area contributed by atoms with Crippen LogP contribution in [0.15, 0.2) is 213 Å². The molecular formula is C52H32N2O2. The van der Waals surface area contributed by atoms with Gasteiger partial charge in [0.05, 0.1) is 11.4 Å². The molecule has 56 heavy (non-hydrogen) atoms. The monoisotopic (exact) mass is 716 g/mol. The Bertz CT molecular complexity index is 3290. The highest BCUT2D eigenvalue weighted by molar-refractivity contribution is 6.28. The van der Waals surface area contributed by atoms with Gasteiger partial charge in [0.15, 0.2) is 5.84 Å². The van der Waals surface area contributed by atoms with Crippen LogP contribution in [-0.2, 0) is 0 Å². The maximum Gasteiger partial charge on any atom is 0.161 e. The lowest BCUT2D eigenvalue weighted by Crippen LogP contribution is -2.09. The Kier molecular flexibility index (Phi) is 7.46. The summed E-state index contributed by atoms with van der Waals surface area (Å²) >= 11 is 0. The van der Waals surface area contributed by atoms with Gasteiger partial charge < -0.3 is 8.83 Å². The number of hydrogen-bond donors (Lipinski definition) is 0. The highest BCUT2D eigenvalue weighted by atomic mass is 16.3. The van der Waals surface area contributed by atoms with Gasteiger partial charge in [-0.1, -0.05) is 146 Å². The number of para-hydroxylation sites is 2. The molecule has 0 saturated carbocycles. The SMILES string of the molecule is C1=C/C(c2ccc3ccccc3c2)=N\C(c2c(-c3cccc4oc5ccccc5c34)ccc3oc4ccccc4c23)=N/C(c2ccc(-c3ccccc3)cc2)=C/1. The standard InChI is InChI=1S/C52H32N2O2/c1-2-12-33(13-3-1)35-24-27-36(28-25-35)43-19-11-20-44(38-29-26-34-14-4-5-15-37(34)32-38)54-52(53-43)51-40(30-31-48-50(51)42-17-7-9-22-46(42)56-48)39-18-10-23-47-49(39)41-16-6-8-21-45(41)55-47/h1-32H/b19-11?,20-11+,43-19+,44-20?,53-43?,53-52-,54-44+,54-52?. The molecule has 0 bridgehead atoms. The molecule has 0 unspecified atom stereocenters. The summed E-state index contributed by atoms with van der Waals surface area (Å²) in [6.07, 6.45) is 6.24. The zero-order chi connectivity index (χ0) is 37.0. The molecule has 0 N–H and O–H groups in total. The van der Waals surface area contributed by atoms with E-state index in [1.165, 1.54) is 10.9 Å². The minimum Gasteiger partial charge on any atom is -0.456 e. The van der Waals surface area contributed by atoms with Crippen LogP contribution in [0.4, 0.5) is 0 Å². The van der Waals surface area contributed by atoms with Gasteiger partial charge in [-0.3, -0.25) is 0 Å². The van der Waals surface area contributed by atoms with Gasteiger partial charge in [0.2, 0.25) is 0 Å². The number of furan rings is 2. The Balaban J connectivity index is 1.20. The zero-order valence-electron chi connectivity index (χ0n) is 30.2. The van der Waals surface area contributed by atoms with Crippen molar-refractivity contribution in [3.63, 3.8) is 0 Å². The molecule has 8 aromatic carbocycles. The van der Waals surface area contributed by atoms with Crippen molar-refractivity contribution in [2.24, 2.45) is 9.98 Å². The molecular weight excluding hydrogens is 685 g/mol. The van der Waals surface area contributed by atoms with Gasteiger partial charge >= 0.3 is 0 Å². The molecule has 0 aliphatic carbocycles. The van der Waals surface area contributed by atoms with E-state index in [9.17, 15) is 0 Å². The average molecular weight is 717 g/mol.